The number of benzene rings is 1. The Bertz CT molecular complexity index is 597. The Balaban J connectivity index is 1.58. The highest BCUT2D eigenvalue weighted by molar-refractivity contribution is 6.07. The molecular weight excluding hydrogens is 320 g/mol. The second-order valence-corrected chi connectivity index (χ2v) is 6.97. The van der Waals surface area contributed by atoms with E-state index in [2.05, 4.69) is 5.32 Å². The first-order chi connectivity index (χ1) is 12.1. The second-order valence-electron chi connectivity index (χ2n) is 6.97. The number of aliphatic hydroxyl groups is 1. The third-order valence-corrected chi connectivity index (χ3v) is 5.03. The first-order valence-electron chi connectivity index (χ1n) is 9.11. The van der Waals surface area contributed by atoms with Crippen LogP contribution in [-0.4, -0.2) is 46.7 Å². The van der Waals surface area contributed by atoms with Gasteiger partial charge in [-0.3, -0.25) is 9.69 Å². The zero-order chi connectivity index (χ0) is 17.7. The van der Waals surface area contributed by atoms with Crippen molar-refractivity contribution in [1.82, 2.24) is 10.2 Å². The molecule has 0 aromatic heterocycles. The molecule has 2 fully saturated rings. The van der Waals surface area contributed by atoms with Gasteiger partial charge in [-0.05, 0) is 25.0 Å². The van der Waals surface area contributed by atoms with Crippen molar-refractivity contribution in [3.8, 4) is 5.75 Å². The minimum atomic E-state index is -0.918. The maximum Gasteiger partial charge on any atom is 0.325 e. The monoisotopic (exact) mass is 346 g/mol. The number of carbonyl (C=O) groups excluding carboxylic acids is 2. The van der Waals surface area contributed by atoms with Crippen molar-refractivity contribution in [2.24, 2.45) is 0 Å². The highest BCUT2D eigenvalue weighted by Gasteiger charge is 2.50. The summed E-state index contributed by atoms with van der Waals surface area (Å²) in [6.07, 6.45) is 5.72. The van der Waals surface area contributed by atoms with Crippen molar-refractivity contribution in [2.45, 2.75) is 56.6 Å². The lowest BCUT2D eigenvalue weighted by molar-refractivity contribution is -0.133. The Morgan fingerprint density at radius 2 is 1.72 bits per heavy atom. The standard InChI is InChI=1S/C19H26N2O4/c22-15(14-25-16-9-5-4-6-10-16)13-21-17(23)19(20-18(21)24)11-7-2-1-3-8-12-19/h4-6,9-10,15,22H,1-3,7-8,11-14H2,(H,20,24)/t15-/m0/s1. The first kappa shape index (κ1) is 17.7. The lowest BCUT2D eigenvalue weighted by Gasteiger charge is -2.28. The van der Waals surface area contributed by atoms with E-state index in [0.29, 0.717) is 18.6 Å². The van der Waals surface area contributed by atoms with E-state index in [-0.39, 0.29) is 19.1 Å². The molecule has 2 N–H and O–H groups in total. The van der Waals surface area contributed by atoms with Gasteiger partial charge < -0.3 is 15.2 Å². The van der Waals surface area contributed by atoms with Gasteiger partial charge in [-0.25, -0.2) is 4.79 Å². The molecule has 1 saturated carbocycles. The van der Waals surface area contributed by atoms with Crippen molar-refractivity contribution < 1.29 is 19.4 Å². The molecule has 1 saturated heterocycles. The molecular formula is C19H26N2O4. The number of amides is 3. The average molecular weight is 346 g/mol. The summed E-state index contributed by atoms with van der Waals surface area (Å²) in [6, 6.07) is 8.76. The number of nitrogens with one attached hydrogen (secondary N) is 1. The number of nitrogens with zero attached hydrogens (tertiary/aromatic N) is 1. The zero-order valence-corrected chi connectivity index (χ0v) is 14.4. The van der Waals surface area contributed by atoms with Crippen molar-refractivity contribution in [2.75, 3.05) is 13.2 Å². The summed E-state index contributed by atoms with van der Waals surface area (Å²) in [6.45, 7) is -0.00662. The van der Waals surface area contributed by atoms with Crippen LogP contribution in [0, 0.1) is 0 Å². The number of hydrogen-bond donors (Lipinski definition) is 2. The average Bonchev–Trinajstić information content (AvgIpc) is 2.82. The molecule has 0 unspecified atom stereocenters. The molecule has 3 amide bonds. The van der Waals surface area contributed by atoms with Crippen LogP contribution < -0.4 is 10.1 Å². The number of para-hydroxylation sites is 1. The summed E-state index contributed by atoms with van der Waals surface area (Å²) in [5, 5.41) is 13.1. The zero-order valence-electron chi connectivity index (χ0n) is 14.4. The van der Waals surface area contributed by atoms with Gasteiger partial charge in [0.25, 0.3) is 5.91 Å². The summed E-state index contributed by atoms with van der Waals surface area (Å²) >= 11 is 0. The number of rotatable bonds is 5. The van der Waals surface area contributed by atoms with Gasteiger partial charge in [0.05, 0.1) is 6.54 Å². The van der Waals surface area contributed by atoms with Gasteiger partial charge in [0.15, 0.2) is 0 Å². The molecule has 6 heteroatoms. The maximum atomic E-state index is 12.9. The molecule has 1 heterocycles. The quantitative estimate of drug-likeness (QED) is 0.803. The van der Waals surface area contributed by atoms with Crippen molar-refractivity contribution in [3.05, 3.63) is 30.3 Å². The molecule has 0 radical (unpaired) electrons. The Morgan fingerprint density at radius 1 is 1.08 bits per heavy atom. The lowest BCUT2D eigenvalue weighted by atomic mass is 9.84. The molecule has 1 aliphatic carbocycles. The predicted octanol–water partition coefficient (Wildman–Crippen LogP) is 2.46. The van der Waals surface area contributed by atoms with Crippen molar-refractivity contribution in [3.63, 3.8) is 0 Å². The number of carbonyl (C=O) groups is 2. The minimum absolute atomic E-state index is 0.0358. The summed E-state index contributed by atoms with van der Waals surface area (Å²) in [5.74, 6) is 0.452. The van der Waals surface area contributed by atoms with E-state index in [4.69, 9.17) is 4.74 Å². The summed E-state index contributed by atoms with van der Waals surface area (Å²) < 4.78 is 5.50. The molecule has 25 heavy (non-hydrogen) atoms. The Labute approximate surface area is 148 Å². The van der Waals surface area contributed by atoms with Gasteiger partial charge in [0, 0.05) is 0 Å². The number of hydrogen-bond acceptors (Lipinski definition) is 4. The van der Waals surface area contributed by atoms with Gasteiger partial charge in [0.2, 0.25) is 0 Å². The van der Waals surface area contributed by atoms with Crippen LogP contribution in [0.4, 0.5) is 4.79 Å². The number of imide groups is 1. The fourth-order valence-electron chi connectivity index (χ4n) is 3.66. The van der Waals surface area contributed by atoms with Gasteiger partial charge in [-0.2, -0.15) is 0 Å². The maximum absolute atomic E-state index is 12.9. The van der Waals surface area contributed by atoms with E-state index in [1.165, 1.54) is 6.42 Å². The minimum Gasteiger partial charge on any atom is -0.491 e. The van der Waals surface area contributed by atoms with E-state index in [1.807, 2.05) is 18.2 Å². The smallest absolute Gasteiger partial charge is 0.325 e. The van der Waals surface area contributed by atoms with Crippen LogP contribution in [-0.2, 0) is 4.79 Å². The molecule has 136 valence electrons. The van der Waals surface area contributed by atoms with Gasteiger partial charge in [0.1, 0.15) is 24.0 Å². The SMILES string of the molecule is O=C1NC2(CCCCCCC2)C(=O)N1C[C@H](O)COc1ccccc1. The Kier molecular flexibility index (Phi) is 5.58. The molecule has 3 rings (SSSR count). The largest absolute Gasteiger partial charge is 0.491 e. The lowest BCUT2D eigenvalue weighted by Crippen LogP contribution is -2.48. The number of β-amino-alcohol motifs (C(OH)–C–C–N with tert-alkyl or cyclic N) is 1. The highest BCUT2D eigenvalue weighted by Crippen LogP contribution is 2.32. The van der Waals surface area contributed by atoms with Crippen molar-refractivity contribution in [1.29, 1.82) is 0 Å². The molecule has 1 aromatic rings. The Hall–Kier alpha value is -2.08. The number of aliphatic hydroxyl groups excluding tert-OH is 1. The molecule has 1 aliphatic heterocycles. The molecule has 1 aromatic carbocycles. The summed E-state index contributed by atoms with van der Waals surface area (Å²) in [5.41, 5.74) is -0.766. The van der Waals surface area contributed by atoms with Crippen LogP contribution in [0.2, 0.25) is 0 Å². The van der Waals surface area contributed by atoms with Gasteiger partial charge in [-0.1, -0.05) is 50.3 Å². The molecule has 1 atom stereocenters. The molecule has 2 aliphatic rings. The summed E-state index contributed by atoms with van der Waals surface area (Å²) in [4.78, 5) is 26.3. The Morgan fingerprint density at radius 3 is 2.40 bits per heavy atom. The summed E-state index contributed by atoms with van der Waals surface area (Å²) in [7, 11) is 0. The van der Waals surface area contributed by atoms with Crippen LogP contribution in [0.15, 0.2) is 30.3 Å². The van der Waals surface area contributed by atoms with Gasteiger partial charge in [-0.15, -0.1) is 0 Å². The molecule has 1 spiro atoms. The third kappa shape index (κ3) is 4.12. The van der Waals surface area contributed by atoms with Crippen LogP contribution in [0.1, 0.15) is 44.9 Å². The topological polar surface area (TPSA) is 78.9 Å². The van der Waals surface area contributed by atoms with Crippen LogP contribution >= 0.6 is 0 Å². The van der Waals surface area contributed by atoms with E-state index >= 15 is 0 Å². The van der Waals surface area contributed by atoms with Crippen LogP contribution in [0.25, 0.3) is 0 Å². The molecule has 0 bridgehead atoms. The predicted molar refractivity (Wildman–Crippen MR) is 93.2 cm³/mol. The van der Waals surface area contributed by atoms with Crippen molar-refractivity contribution >= 4 is 11.9 Å². The fraction of sp³-hybridized carbons (Fsp3) is 0.579. The number of ether oxygens (including phenoxy) is 1. The fourth-order valence-corrected chi connectivity index (χ4v) is 3.66. The highest BCUT2D eigenvalue weighted by atomic mass is 16.5. The van der Waals surface area contributed by atoms with E-state index in [9.17, 15) is 14.7 Å². The van der Waals surface area contributed by atoms with E-state index < -0.39 is 17.7 Å². The first-order valence-corrected chi connectivity index (χ1v) is 9.11. The van der Waals surface area contributed by atoms with Crippen LogP contribution in [0.5, 0.6) is 5.75 Å². The van der Waals surface area contributed by atoms with Crippen LogP contribution in [0.3, 0.4) is 0 Å². The second kappa shape index (κ2) is 7.87. The normalized spacial score (nSPS) is 21.6. The number of urea groups is 1. The third-order valence-electron chi connectivity index (χ3n) is 5.03. The molecule has 6 nitrogen and oxygen atoms in total. The van der Waals surface area contributed by atoms with E-state index in [1.54, 1.807) is 12.1 Å². The van der Waals surface area contributed by atoms with E-state index in [0.717, 1.165) is 30.6 Å². The van der Waals surface area contributed by atoms with Gasteiger partial charge >= 0.3 is 6.03 Å².